The minimum Gasteiger partial charge on any atom is -0.481 e. The molecule has 20 heavy (non-hydrogen) atoms. The minimum atomic E-state index is -0.750. The summed E-state index contributed by atoms with van der Waals surface area (Å²) in [5, 5.41) is 12.9. The summed E-state index contributed by atoms with van der Waals surface area (Å²) < 4.78 is 0. The third-order valence-electron chi connectivity index (χ3n) is 5.08. The molecule has 2 unspecified atom stereocenters. The molecule has 0 saturated carbocycles. The molecule has 0 bridgehead atoms. The zero-order chi connectivity index (χ0) is 14.8. The van der Waals surface area contributed by atoms with Crippen LogP contribution in [-0.2, 0) is 9.59 Å². The molecule has 114 valence electrons. The summed E-state index contributed by atoms with van der Waals surface area (Å²) in [6, 6.07) is 0. The van der Waals surface area contributed by atoms with Crippen LogP contribution in [0.5, 0.6) is 0 Å². The maximum Gasteiger partial charge on any atom is 0.311 e. The van der Waals surface area contributed by atoms with E-state index in [1.807, 2.05) is 13.8 Å². The van der Waals surface area contributed by atoms with Gasteiger partial charge >= 0.3 is 5.97 Å². The summed E-state index contributed by atoms with van der Waals surface area (Å²) in [5.74, 6) is -0.642. The number of nitrogens with zero attached hydrogens (tertiary/aromatic N) is 1. The highest BCUT2D eigenvalue weighted by Gasteiger charge is 2.49. The van der Waals surface area contributed by atoms with Crippen LogP contribution in [0.1, 0.15) is 52.4 Å². The molecule has 2 saturated heterocycles. The monoisotopic (exact) mass is 282 g/mol. The van der Waals surface area contributed by atoms with Crippen molar-refractivity contribution in [3.05, 3.63) is 0 Å². The number of carboxylic acids is 1. The van der Waals surface area contributed by atoms with Crippen LogP contribution in [0.4, 0.5) is 0 Å². The predicted octanol–water partition coefficient (Wildman–Crippen LogP) is 1.62. The van der Waals surface area contributed by atoms with Gasteiger partial charge in [-0.05, 0) is 38.6 Å². The van der Waals surface area contributed by atoms with Crippen LogP contribution in [0, 0.1) is 5.41 Å². The van der Waals surface area contributed by atoms with E-state index < -0.39 is 16.9 Å². The molecule has 2 atom stereocenters. The fourth-order valence-electron chi connectivity index (χ4n) is 3.75. The van der Waals surface area contributed by atoms with Crippen molar-refractivity contribution in [1.82, 2.24) is 10.2 Å². The van der Waals surface area contributed by atoms with E-state index in [-0.39, 0.29) is 5.91 Å². The zero-order valence-electron chi connectivity index (χ0n) is 12.6. The number of carboxylic acid groups (broad SMARTS) is 1. The van der Waals surface area contributed by atoms with E-state index in [0.717, 1.165) is 32.2 Å². The molecule has 0 radical (unpaired) electrons. The van der Waals surface area contributed by atoms with Crippen LogP contribution >= 0.6 is 0 Å². The zero-order valence-corrected chi connectivity index (χ0v) is 12.6. The maximum atomic E-state index is 12.8. The van der Waals surface area contributed by atoms with Gasteiger partial charge in [-0.3, -0.25) is 9.59 Å². The van der Waals surface area contributed by atoms with Gasteiger partial charge in [-0.1, -0.05) is 20.3 Å². The van der Waals surface area contributed by atoms with Crippen LogP contribution in [-0.4, -0.2) is 47.1 Å². The van der Waals surface area contributed by atoms with Gasteiger partial charge in [0.1, 0.15) is 0 Å². The maximum absolute atomic E-state index is 12.8. The molecule has 5 nitrogen and oxygen atoms in total. The van der Waals surface area contributed by atoms with Crippen LogP contribution in [0.25, 0.3) is 0 Å². The van der Waals surface area contributed by atoms with Crippen molar-refractivity contribution >= 4 is 11.9 Å². The van der Waals surface area contributed by atoms with Gasteiger partial charge in [0.25, 0.3) is 0 Å². The van der Waals surface area contributed by atoms with E-state index in [1.54, 1.807) is 4.90 Å². The first-order valence-corrected chi connectivity index (χ1v) is 7.77. The van der Waals surface area contributed by atoms with Gasteiger partial charge < -0.3 is 15.3 Å². The topological polar surface area (TPSA) is 69.6 Å². The molecule has 2 N–H and O–H groups in total. The lowest BCUT2D eigenvalue weighted by molar-refractivity contribution is -0.149. The highest BCUT2D eigenvalue weighted by atomic mass is 16.4. The first kappa shape index (κ1) is 15.3. The largest absolute Gasteiger partial charge is 0.481 e. The summed E-state index contributed by atoms with van der Waals surface area (Å²) in [5.41, 5.74) is -1.17. The van der Waals surface area contributed by atoms with Gasteiger partial charge in [-0.2, -0.15) is 0 Å². The molecule has 2 fully saturated rings. The Balaban J connectivity index is 2.12. The Morgan fingerprint density at radius 3 is 2.55 bits per heavy atom. The smallest absolute Gasteiger partial charge is 0.311 e. The number of carbonyl (C=O) groups is 2. The normalized spacial score (nSPS) is 33.6. The first-order chi connectivity index (χ1) is 9.49. The SMILES string of the molecule is CCCC1(C(=O)O)CCN(C(=O)C2(CC)CCCN2)C1. The number of likely N-dealkylation sites (tertiary alicyclic amines) is 1. The highest BCUT2D eigenvalue weighted by Crippen LogP contribution is 2.37. The minimum absolute atomic E-state index is 0.108. The van der Waals surface area contributed by atoms with Crippen molar-refractivity contribution in [1.29, 1.82) is 0 Å². The molecule has 2 aliphatic heterocycles. The number of nitrogens with one attached hydrogen (secondary N) is 1. The molecule has 2 heterocycles. The van der Waals surface area contributed by atoms with Gasteiger partial charge in [0, 0.05) is 13.1 Å². The lowest BCUT2D eigenvalue weighted by Crippen LogP contribution is -2.54. The number of hydrogen-bond acceptors (Lipinski definition) is 3. The summed E-state index contributed by atoms with van der Waals surface area (Å²) in [6.45, 7) is 5.86. The van der Waals surface area contributed by atoms with Gasteiger partial charge in [-0.25, -0.2) is 0 Å². The van der Waals surface area contributed by atoms with E-state index in [4.69, 9.17) is 0 Å². The fraction of sp³-hybridized carbons (Fsp3) is 0.867. The number of hydrogen-bond donors (Lipinski definition) is 2. The molecule has 5 heteroatoms. The van der Waals surface area contributed by atoms with E-state index >= 15 is 0 Å². The standard InChI is InChI=1S/C15H26N2O3/c1-3-6-14(13(19)20)8-10-17(11-14)12(18)15(4-2)7-5-9-16-15/h16H,3-11H2,1-2H3,(H,19,20). The number of amides is 1. The molecule has 0 spiro atoms. The number of rotatable bonds is 5. The number of carbonyl (C=O) groups excluding carboxylic acids is 1. The van der Waals surface area contributed by atoms with Crippen LogP contribution in [0.15, 0.2) is 0 Å². The highest BCUT2D eigenvalue weighted by molar-refractivity contribution is 5.88. The average Bonchev–Trinajstić information content (AvgIpc) is 3.06. The molecule has 0 aromatic heterocycles. The van der Waals surface area contributed by atoms with Crippen molar-refractivity contribution < 1.29 is 14.7 Å². The van der Waals surface area contributed by atoms with Gasteiger partial charge in [0.2, 0.25) is 5.91 Å². The molecule has 0 aliphatic carbocycles. The molecular formula is C15H26N2O3. The summed E-state index contributed by atoms with van der Waals surface area (Å²) in [7, 11) is 0. The fourth-order valence-corrected chi connectivity index (χ4v) is 3.75. The quantitative estimate of drug-likeness (QED) is 0.804. The lowest BCUT2D eigenvalue weighted by Gasteiger charge is -2.32. The third kappa shape index (κ3) is 2.43. The first-order valence-electron chi connectivity index (χ1n) is 7.77. The second-order valence-corrected chi connectivity index (χ2v) is 6.28. The predicted molar refractivity (Wildman–Crippen MR) is 76.4 cm³/mol. The molecule has 0 aromatic rings. The van der Waals surface area contributed by atoms with Crippen molar-refractivity contribution in [3.8, 4) is 0 Å². The Morgan fingerprint density at radius 1 is 1.30 bits per heavy atom. The Labute approximate surface area is 120 Å². The van der Waals surface area contributed by atoms with E-state index in [2.05, 4.69) is 5.32 Å². The van der Waals surface area contributed by atoms with Crippen LogP contribution in [0.3, 0.4) is 0 Å². The summed E-state index contributed by atoms with van der Waals surface area (Å²) in [4.78, 5) is 26.2. The second-order valence-electron chi connectivity index (χ2n) is 6.28. The summed E-state index contributed by atoms with van der Waals surface area (Å²) in [6.07, 6.45) is 4.74. The van der Waals surface area contributed by atoms with Crippen molar-refractivity contribution in [2.75, 3.05) is 19.6 Å². The van der Waals surface area contributed by atoms with Crippen molar-refractivity contribution in [3.63, 3.8) is 0 Å². The van der Waals surface area contributed by atoms with Gasteiger partial charge in [0.05, 0.1) is 11.0 Å². The van der Waals surface area contributed by atoms with Gasteiger partial charge in [0.15, 0.2) is 0 Å². The Kier molecular flexibility index (Phi) is 4.37. The van der Waals surface area contributed by atoms with Crippen molar-refractivity contribution in [2.45, 2.75) is 57.9 Å². The molecule has 1 amide bonds. The van der Waals surface area contributed by atoms with E-state index in [1.165, 1.54) is 0 Å². The third-order valence-corrected chi connectivity index (χ3v) is 5.08. The Hall–Kier alpha value is -1.10. The molecule has 0 aromatic carbocycles. The van der Waals surface area contributed by atoms with Crippen LogP contribution < -0.4 is 5.32 Å². The lowest BCUT2D eigenvalue weighted by atomic mass is 9.82. The Morgan fingerprint density at radius 2 is 2.05 bits per heavy atom. The average molecular weight is 282 g/mol. The summed E-state index contributed by atoms with van der Waals surface area (Å²) >= 11 is 0. The number of aliphatic carboxylic acids is 1. The molecule has 2 aliphatic rings. The molecular weight excluding hydrogens is 256 g/mol. The molecule has 2 rings (SSSR count). The van der Waals surface area contributed by atoms with E-state index in [0.29, 0.717) is 25.9 Å². The van der Waals surface area contributed by atoms with Gasteiger partial charge in [-0.15, -0.1) is 0 Å². The Bertz CT molecular complexity index is 391. The van der Waals surface area contributed by atoms with Crippen LogP contribution in [0.2, 0.25) is 0 Å². The second kappa shape index (κ2) is 5.72. The van der Waals surface area contributed by atoms with E-state index in [9.17, 15) is 14.7 Å². The van der Waals surface area contributed by atoms with Crippen molar-refractivity contribution in [2.24, 2.45) is 5.41 Å².